The molecule has 7 nitrogen and oxygen atoms in total. The summed E-state index contributed by atoms with van der Waals surface area (Å²) in [7, 11) is 1.65. The molecule has 154 valence electrons. The average Bonchev–Trinajstić information content (AvgIpc) is 2.65. The first-order valence-electron chi connectivity index (χ1n) is 8.62. The minimum absolute atomic E-state index is 0. The van der Waals surface area contributed by atoms with Crippen molar-refractivity contribution in [3.05, 3.63) is 24.3 Å². The van der Waals surface area contributed by atoms with Gasteiger partial charge in [0, 0.05) is 37.9 Å². The molecule has 0 unspecified atom stereocenters. The highest BCUT2D eigenvalue weighted by molar-refractivity contribution is 5.87. The Bertz CT molecular complexity index is 608. The Morgan fingerprint density at radius 3 is 2.37 bits per heavy atom. The summed E-state index contributed by atoms with van der Waals surface area (Å²) in [6, 6.07) is 7.31. The first-order valence-corrected chi connectivity index (χ1v) is 8.62. The second-order valence-electron chi connectivity index (χ2n) is 6.56. The number of methoxy groups -OCH3 is 1. The molecule has 0 bridgehead atoms. The van der Waals surface area contributed by atoms with Gasteiger partial charge in [0.1, 0.15) is 5.75 Å². The number of ether oxygens (including phenoxy) is 1. The number of hydrogen-bond acceptors (Lipinski definition) is 5. The summed E-state index contributed by atoms with van der Waals surface area (Å²) in [5, 5.41) is 2.63. The second kappa shape index (κ2) is 11.9. The molecule has 1 heterocycles. The standard InChI is InChI=1S/C18H28N4O3.2ClH/c1-13(2)17(19)18(24)20-12-16(23)22-9-7-21(8-10-22)14-5-4-6-15(11-14)25-3;;/h4-6,11,13,17H,7-10,12,19H2,1-3H3,(H,20,24);2*1H/t17-;;/m0../s1. The van der Waals surface area contributed by atoms with Gasteiger partial charge in [-0.25, -0.2) is 0 Å². The molecule has 0 aromatic heterocycles. The Labute approximate surface area is 173 Å². The third-order valence-electron chi connectivity index (χ3n) is 4.49. The zero-order valence-electron chi connectivity index (χ0n) is 16.0. The molecule has 1 saturated heterocycles. The summed E-state index contributed by atoms with van der Waals surface area (Å²) in [6.45, 7) is 6.51. The Morgan fingerprint density at radius 2 is 1.81 bits per heavy atom. The van der Waals surface area contributed by atoms with Crippen LogP contribution in [0.4, 0.5) is 5.69 Å². The fourth-order valence-electron chi connectivity index (χ4n) is 2.72. The highest BCUT2D eigenvalue weighted by Crippen LogP contribution is 2.22. The number of nitrogens with two attached hydrogens (primary N) is 1. The molecule has 2 rings (SSSR count). The normalized spacial score (nSPS) is 14.7. The van der Waals surface area contributed by atoms with Crippen molar-refractivity contribution in [1.29, 1.82) is 0 Å². The van der Waals surface area contributed by atoms with Gasteiger partial charge < -0.3 is 25.6 Å². The molecule has 9 heteroatoms. The highest BCUT2D eigenvalue weighted by Gasteiger charge is 2.23. The van der Waals surface area contributed by atoms with Gasteiger partial charge in [-0.2, -0.15) is 0 Å². The van der Waals surface area contributed by atoms with Crippen LogP contribution in [0.1, 0.15) is 13.8 Å². The predicted molar refractivity (Wildman–Crippen MR) is 112 cm³/mol. The van der Waals surface area contributed by atoms with Crippen molar-refractivity contribution in [3.8, 4) is 5.75 Å². The van der Waals surface area contributed by atoms with Crippen LogP contribution in [0.3, 0.4) is 0 Å². The van der Waals surface area contributed by atoms with Crippen LogP contribution in [-0.2, 0) is 9.59 Å². The van der Waals surface area contributed by atoms with Crippen LogP contribution in [-0.4, -0.2) is 62.6 Å². The summed E-state index contributed by atoms with van der Waals surface area (Å²) >= 11 is 0. The minimum Gasteiger partial charge on any atom is -0.497 e. The molecule has 1 aliphatic heterocycles. The Balaban J connectivity index is 0.00000338. The van der Waals surface area contributed by atoms with Crippen molar-refractivity contribution in [2.75, 3.05) is 44.7 Å². The molecule has 1 aliphatic rings. The molecule has 2 amide bonds. The molecule has 0 spiro atoms. The average molecular weight is 421 g/mol. The van der Waals surface area contributed by atoms with Crippen LogP contribution < -0.4 is 20.7 Å². The van der Waals surface area contributed by atoms with E-state index in [1.54, 1.807) is 12.0 Å². The van der Waals surface area contributed by atoms with E-state index in [9.17, 15) is 9.59 Å². The van der Waals surface area contributed by atoms with E-state index in [0.717, 1.165) is 24.5 Å². The Kier molecular flexibility index (Phi) is 11.1. The van der Waals surface area contributed by atoms with Gasteiger partial charge in [-0.05, 0) is 18.1 Å². The molecule has 0 aliphatic carbocycles. The van der Waals surface area contributed by atoms with E-state index in [4.69, 9.17) is 10.5 Å². The number of rotatable bonds is 6. The molecule has 27 heavy (non-hydrogen) atoms. The van der Waals surface area contributed by atoms with Gasteiger partial charge in [0.25, 0.3) is 0 Å². The molecule has 0 saturated carbocycles. The largest absolute Gasteiger partial charge is 0.497 e. The van der Waals surface area contributed by atoms with Gasteiger partial charge in [-0.3, -0.25) is 9.59 Å². The van der Waals surface area contributed by atoms with Crippen molar-refractivity contribution >= 4 is 42.3 Å². The van der Waals surface area contributed by atoms with Gasteiger partial charge in [0.05, 0.1) is 19.7 Å². The monoisotopic (exact) mass is 420 g/mol. The van der Waals surface area contributed by atoms with Crippen LogP contribution in [0.2, 0.25) is 0 Å². The maximum atomic E-state index is 12.3. The van der Waals surface area contributed by atoms with Crippen molar-refractivity contribution < 1.29 is 14.3 Å². The first-order chi connectivity index (χ1) is 11.9. The summed E-state index contributed by atoms with van der Waals surface area (Å²) in [4.78, 5) is 28.1. The number of piperazine rings is 1. The van der Waals surface area contributed by atoms with E-state index in [-0.39, 0.29) is 49.1 Å². The van der Waals surface area contributed by atoms with E-state index in [0.29, 0.717) is 13.1 Å². The molecule has 1 atom stereocenters. The van der Waals surface area contributed by atoms with Crippen LogP contribution in [0.15, 0.2) is 24.3 Å². The summed E-state index contributed by atoms with van der Waals surface area (Å²) < 4.78 is 5.25. The van der Waals surface area contributed by atoms with Gasteiger partial charge >= 0.3 is 0 Å². The third-order valence-corrected chi connectivity index (χ3v) is 4.49. The predicted octanol–water partition coefficient (Wildman–Crippen LogP) is 1.29. The SMILES string of the molecule is COc1cccc(N2CCN(C(=O)CNC(=O)[C@@H](N)C(C)C)CC2)c1.Cl.Cl. The van der Waals surface area contributed by atoms with E-state index in [1.165, 1.54) is 0 Å². The molecule has 1 aromatic rings. The Morgan fingerprint density at radius 1 is 1.19 bits per heavy atom. The highest BCUT2D eigenvalue weighted by atomic mass is 35.5. The van der Waals surface area contributed by atoms with E-state index < -0.39 is 6.04 Å². The Hall–Kier alpha value is -1.70. The number of halogens is 2. The lowest BCUT2D eigenvalue weighted by atomic mass is 10.1. The number of hydrogen-bond donors (Lipinski definition) is 2. The number of amides is 2. The lowest BCUT2D eigenvalue weighted by Crippen LogP contribution is -2.52. The van der Waals surface area contributed by atoms with Crippen LogP contribution in [0.25, 0.3) is 0 Å². The zero-order valence-corrected chi connectivity index (χ0v) is 17.6. The maximum absolute atomic E-state index is 12.3. The summed E-state index contributed by atoms with van der Waals surface area (Å²) in [6.07, 6.45) is 0. The molecular formula is C18H30Cl2N4O3. The van der Waals surface area contributed by atoms with Gasteiger partial charge in [-0.1, -0.05) is 19.9 Å². The van der Waals surface area contributed by atoms with Crippen molar-refractivity contribution in [2.45, 2.75) is 19.9 Å². The van der Waals surface area contributed by atoms with Gasteiger partial charge in [-0.15, -0.1) is 24.8 Å². The molecule has 1 fully saturated rings. The van der Waals surface area contributed by atoms with Crippen molar-refractivity contribution in [2.24, 2.45) is 11.7 Å². The number of nitrogens with one attached hydrogen (secondary N) is 1. The minimum atomic E-state index is -0.585. The summed E-state index contributed by atoms with van der Waals surface area (Å²) in [5.74, 6) is 0.509. The molecule has 0 radical (unpaired) electrons. The number of carbonyl (C=O) groups is 2. The maximum Gasteiger partial charge on any atom is 0.242 e. The lowest BCUT2D eigenvalue weighted by Gasteiger charge is -2.36. The van der Waals surface area contributed by atoms with Gasteiger partial charge in [0.15, 0.2) is 0 Å². The van der Waals surface area contributed by atoms with Crippen LogP contribution >= 0.6 is 24.8 Å². The topological polar surface area (TPSA) is 87.9 Å². The number of nitrogens with zero attached hydrogens (tertiary/aromatic N) is 2. The molecule has 1 aromatic carbocycles. The molecule has 3 N–H and O–H groups in total. The number of anilines is 1. The lowest BCUT2D eigenvalue weighted by molar-refractivity contribution is -0.133. The van der Waals surface area contributed by atoms with E-state index in [1.807, 2.05) is 38.1 Å². The second-order valence-corrected chi connectivity index (χ2v) is 6.56. The smallest absolute Gasteiger partial charge is 0.242 e. The van der Waals surface area contributed by atoms with Crippen LogP contribution in [0.5, 0.6) is 5.75 Å². The fraction of sp³-hybridized carbons (Fsp3) is 0.556. The number of benzene rings is 1. The fourth-order valence-corrected chi connectivity index (χ4v) is 2.72. The molecular weight excluding hydrogens is 391 g/mol. The zero-order chi connectivity index (χ0) is 18.4. The van der Waals surface area contributed by atoms with Crippen molar-refractivity contribution in [1.82, 2.24) is 10.2 Å². The first kappa shape index (κ1) is 25.3. The third kappa shape index (κ3) is 7.08. The van der Waals surface area contributed by atoms with E-state index >= 15 is 0 Å². The van der Waals surface area contributed by atoms with Gasteiger partial charge in [0.2, 0.25) is 11.8 Å². The van der Waals surface area contributed by atoms with Crippen LogP contribution in [0, 0.1) is 5.92 Å². The van der Waals surface area contributed by atoms with Crippen molar-refractivity contribution in [3.63, 3.8) is 0 Å². The summed E-state index contributed by atoms with van der Waals surface area (Å²) in [5.41, 5.74) is 6.86. The van der Waals surface area contributed by atoms with E-state index in [2.05, 4.69) is 10.2 Å². The number of carbonyl (C=O) groups excluding carboxylic acids is 2. The quantitative estimate of drug-likeness (QED) is 0.723.